The first-order chi connectivity index (χ1) is 7.19. The Balaban J connectivity index is 2.81. The summed E-state index contributed by atoms with van der Waals surface area (Å²) in [6.45, 7) is 6.44. The number of ether oxygens (including phenoxy) is 1. The van der Waals surface area contributed by atoms with Crippen LogP contribution in [0, 0.1) is 6.92 Å². The zero-order chi connectivity index (χ0) is 11.3. The molecule has 0 saturated heterocycles. The normalized spacial score (nSPS) is 10.3. The first kappa shape index (κ1) is 11.8. The Bertz CT molecular complexity index is 315. The van der Waals surface area contributed by atoms with E-state index < -0.39 is 0 Å². The lowest BCUT2D eigenvalue weighted by atomic mass is 10.2. The third-order valence-electron chi connectivity index (χ3n) is 2.28. The van der Waals surface area contributed by atoms with Crippen molar-refractivity contribution in [2.75, 3.05) is 37.4 Å². The highest BCUT2D eigenvalue weighted by molar-refractivity contribution is 5.63. The van der Waals surface area contributed by atoms with Crippen molar-refractivity contribution in [2.45, 2.75) is 13.8 Å². The van der Waals surface area contributed by atoms with Gasteiger partial charge in [-0.2, -0.15) is 0 Å². The van der Waals surface area contributed by atoms with Crippen LogP contribution < -0.4 is 10.6 Å². The molecule has 0 atom stereocenters. The van der Waals surface area contributed by atoms with Gasteiger partial charge in [-0.3, -0.25) is 0 Å². The Labute approximate surface area is 91.1 Å². The van der Waals surface area contributed by atoms with Crippen molar-refractivity contribution < 1.29 is 4.74 Å². The average molecular weight is 209 g/mol. The van der Waals surface area contributed by atoms with Crippen molar-refractivity contribution >= 4 is 11.5 Å². The Morgan fingerprint density at radius 3 is 2.80 bits per heavy atom. The fraction of sp³-hybridized carbons (Fsp3) is 0.545. The molecule has 0 fully saturated rings. The number of nitrogens with zero attached hydrogens (tertiary/aromatic N) is 2. The number of nitrogen functional groups attached to an aromatic ring is 1. The zero-order valence-electron chi connectivity index (χ0n) is 9.66. The summed E-state index contributed by atoms with van der Waals surface area (Å²) < 4.78 is 5.05. The summed E-state index contributed by atoms with van der Waals surface area (Å²) in [5.41, 5.74) is 7.74. The Morgan fingerprint density at radius 1 is 1.53 bits per heavy atom. The largest absolute Gasteiger partial charge is 0.396 e. The number of hydrogen-bond donors (Lipinski definition) is 1. The van der Waals surface area contributed by atoms with E-state index in [-0.39, 0.29) is 0 Å². The Kier molecular flexibility index (Phi) is 4.37. The molecule has 1 aromatic rings. The van der Waals surface area contributed by atoms with E-state index in [1.807, 2.05) is 19.2 Å². The van der Waals surface area contributed by atoms with Gasteiger partial charge in [0.05, 0.1) is 12.3 Å². The van der Waals surface area contributed by atoms with Gasteiger partial charge in [-0.05, 0) is 25.5 Å². The number of nitrogens with two attached hydrogens (primary N) is 1. The second-order valence-corrected chi connectivity index (χ2v) is 3.50. The summed E-state index contributed by atoms with van der Waals surface area (Å²) >= 11 is 0. The van der Waals surface area contributed by atoms with E-state index in [9.17, 15) is 0 Å². The number of likely N-dealkylation sites (N-methyl/N-ethyl adjacent to an activating group) is 1. The molecule has 0 spiro atoms. The fourth-order valence-electron chi connectivity index (χ4n) is 1.46. The van der Waals surface area contributed by atoms with E-state index in [1.54, 1.807) is 7.11 Å². The third kappa shape index (κ3) is 3.09. The molecule has 15 heavy (non-hydrogen) atoms. The van der Waals surface area contributed by atoms with E-state index in [0.29, 0.717) is 6.61 Å². The van der Waals surface area contributed by atoms with Gasteiger partial charge in [0, 0.05) is 26.4 Å². The number of anilines is 2. The molecule has 0 aliphatic carbocycles. The summed E-state index contributed by atoms with van der Waals surface area (Å²) in [6.07, 6.45) is 1.83. The van der Waals surface area contributed by atoms with Crippen molar-refractivity contribution in [2.24, 2.45) is 0 Å². The molecule has 0 unspecified atom stereocenters. The predicted octanol–water partition coefficient (Wildman–Crippen LogP) is 1.44. The van der Waals surface area contributed by atoms with Gasteiger partial charge < -0.3 is 15.4 Å². The van der Waals surface area contributed by atoms with E-state index in [4.69, 9.17) is 10.5 Å². The highest BCUT2D eigenvalue weighted by atomic mass is 16.5. The van der Waals surface area contributed by atoms with Crippen LogP contribution >= 0.6 is 0 Å². The minimum absolute atomic E-state index is 0.683. The average Bonchev–Trinajstić information content (AvgIpc) is 2.21. The molecule has 0 radical (unpaired) electrons. The molecular weight excluding hydrogens is 190 g/mol. The summed E-state index contributed by atoms with van der Waals surface area (Å²) in [5.74, 6) is 0.847. The summed E-state index contributed by atoms with van der Waals surface area (Å²) in [5, 5.41) is 0. The maximum absolute atomic E-state index is 5.92. The van der Waals surface area contributed by atoms with Gasteiger partial charge in [0.2, 0.25) is 0 Å². The molecule has 4 nitrogen and oxygen atoms in total. The van der Waals surface area contributed by atoms with Crippen molar-refractivity contribution in [3.05, 3.63) is 17.8 Å². The molecule has 0 aliphatic heterocycles. The molecule has 0 aliphatic rings. The number of hydrogen-bond acceptors (Lipinski definition) is 4. The van der Waals surface area contributed by atoms with Gasteiger partial charge >= 0.3 is 0 Å². The summed E-state index contributed by atoms with van der Waals surface area (Å²) in [7, 11) is 1.69. The lowest BCUT2D eigenvalue weighted by Gasteiger charge is -2.22. The van der Waals surface area contributed by atoms with Gasteiger partial charge in [-0.1, -0.05) is 0 Å². The molecule has 0 amide bonds. The molecule has 1 rings (SSSR count). The van der Waals surface area contributed by atoms with E-state index >= 15 is 0 Å². The van der Waals surface area contributed by atoms with Crippen LogP contribution in [0.15, 0.2) is 12.3 Å². The van der Waals surface area contributed by atoms with Crippen LogP contribution in [0.25, 0.3) is 0 Å². The maximum Gasteiger partial charge on any atom is 0.151 e. The van der Waals surface area contributed by atoms with Crippen LogP contribution in [0.4, 0.5) is 11.5 Å². The fourth-order valence-corrected chi connectivity index (χ4v) is 1.46. The number of pyridine rings is 1. The lowest BCUT2D eigenvalue weighted by molar-refractivity contribution is 0.205. The van der Waals surface area contributed by atoms with Crippen molar-refractivity contribution in [3.8, 4) is 0 Å². The SMILES string of the molecule is CCN(CCOC)c1ncc(C)cc1N. The quantitative estimate of drug-likeness (QED) is 0.797. The van der Waals surface area contributed by atoms with Crippen LogP contribution in [-0.2, 0) is 4.74 Å². The minimum Gasteiger partial charge on any atom is -0.396 e. The predicted molar refractivity (Wildman–Crippen MR) is 63.1 cm³/mol. The van der Waals surface area contributed by atoms with Crippen molar-refractivity contribution in [3.63, 3.8) is 0 Å². The standard InChI is InChI=1S/C11H19N3O/c1-4-14(5-6-15-3)11-10(12)7-9(2)8-13-11/h7-8H,4-6,12H2,1-3H3. The lowest BCUT2D eigenvalue weighted by Crippen LogP contribution is -2.28. The minimum atomic E-state index is 0.683. The molecular formula is C11H19N3O. The molecule has 1 aromatic heterocycles. The zero-order valence-corrected chi connectivity index (χ0v) is 9.66. The first-order valence-electron chi connectivity index (χ1n) is 5.15. The van der Waals surface area contributed by atoms with E-state index in [0.717, 1.165) is 30.2 Å². The van der Waals surface area contributed by atoms with Crippen LogP contribution in [0.5, 0.6) is 0 Å². The monoisotopic (exact) mass is 209 g/mol. The van der Waals surface area contributed by atoms with Gasteiger partial charge in [0.25, 0.3) is 0 Å². The third-order valence-corrected chi connectivity index (χ3v) is 2.28. The van der Waals surface area contributed by atoms with Crippen molar-refractivity contribution in [1.29, 1.82) is 0 Å². The molecule has 2 N–H and O–H groups in total. The molecule has 0 bridgehead atoms. The number of methoxy groups -OCH3 is 1. The Hall–Kier alpha value is -1.29. The van der Waals surface area contributed by atoms with Gasteiger partial charge in [0.15, 0.2) is 5.82 Å². The van der Waals surface area contributed by atoms with E-state index in [2.05, 4.69) is 16.8 Å². The van der Waals surface area contributed by atoms with Crippen LogP contribution in [0.3, 0.4) is 0 Å². The summed E-state index contributed by atoms with van der Waals surface area (Å²) in [6, 6.07) is 1.94. The van der Waals surface area contributed by atoms with Gasteiger partial charge in [-0.15, -0.1) is 0 Å². The Morgan fingerprint density at radius 2 is 2.27 bits per heavy atom. The molecule has 0 aromatic carbocycles. The highest BCUT2D eigenvalue weighted by Crippen LogP contribution is 2.20. The summed E-state index contributed by atoms with van der Waals surface area (Å²) in [4.78, 5) is 6.46. The van der Waals surface area contributed by atoms with Gasteiger partial charge in [0.1, 0.15) is 0 Å². The van der Waals surface area contributed by atoms with Crippen LogP contribution in [-0.4, -0.2) is 31.8 Å². The number of aromatic nitrogens is 1. The van der Waals surface area contributed by atoms with E-state index in [1.165, 1.54) is 0 Å². The van der Waals surface area contributed by atoms with Crippen LogP contribution in [0.2, 0.25) is 0 Å². The second kappa shape index (κ2) is 5.56. The van der Waals surface area contributed by atoms with Gasteiger partial charge in [-0.25, -0.2) is 4.98 Å². The number of aryl methyl sites for hydroxylation is 1. The molecule has 1 heterocycles. The van der Waals surface area contributed by atoms with Crippen LogP contribution in [0.1, 0.15) is 12.5 Å². The smallest absolute Gasteiger partial charge is 0.151 e. The van der Waals surface area contributed by atoms with Crippen molar-refractivity contribution in [1.82, 2.24) is 4.98 Å². The molecule has 84 valence electrons. The molecule has 4 heteroatoms. The second-order valence-electron chi connectivity index (χ2n) is 3.50. The molecule has 0 saturated carbocycles. The maximum atomic E-state index is 5.92. The topological polar surface area (TPSA) is 51.4 Å². The highest BCUT2D eigenvalue weighted by Gasteiger charge is 2.08. The number of rotatable bonds is 5. The first-order valence-corrected chi connectivity index (χ1v) is 5.15.